The van der Waals surface area contributed by atoms with Crippen LogP contribution >= 0.6 is 0 Å². The molecule has 0 amide bonds. The molecule has 0 rings (SSSR count). The predicted octanol–water partition coefficient (Wildman–Crippen LogP) is 0.424. The first kappa shape index (κ1) is 8.98. The van der Waals surface area contributed by atoms with Crippen molar-refractivity contribution in [3.63, 3.8) is 0 Å². The Bertz CT molecular complexity index is 60.1. The minimum absolute atomic E-state index is 1.07. The van der Waals surface area contributed by atoms with Crippen LogP contribution in [-0.4, -0.2) is 44.4 Å². The summed E-state index contributed by atoms with van der Waals surface area (Å²) in [6.07, 6.45) is 0. The highest BCUT2D eigenvalue weighted by Gasteiger charge is 2.00. The molecule has 0 saturated carbocycles. The fourth-order valence-electron chi connectivity index (χ4n) is 0.500. The van der Waals surface area contributed by atoms with Crippen LogP contribution in [0.25, 0.3) is 0 Å². The monoisotopic (exact) mass is 127 g/mol. The van der Waals surface area contributed by atoms with Gasteiger partial charge in [0.05, 0.1) is 0 Å². The molecule has 0 atom stereocenters. The molecular weight excluding hydrogens is 111 g/mol. The molecule has 0 aliphatic heterocycles. The third kappa shape index (κ3) is 4.49. The van der Waals surface area contributed by atoms with E-state index >= 15 is 0 Å². The van der Waals surface area contributed by atoms with Gasteiger partial charge in [-0.3, -0.25) is 0 Å². The minimum Gasteiger partial charge on any atom is -0.335 e. The van der Waals surface area contributed by atoms with Crippen LogP contribution in [0.15, 0.2) is 0 Å². The van der Waals surface area contributed by atoms with Crippen molar-refractivity contribution in [2.24, 2.45) is 0 Å². The lowest BCUT2D eigenvalue weighted by Crippen LogP contribution is -2.36. The van der Waals surface area contributed by atoms with Crippen LogP contribution in [0.4, 0.5) is 0 Å². The lowest BCUT2D eigenvalue weighted by atomic mass is 10.1. The van der Waals surface area contributed by atoms with E-state index in [9.17, 15) is 0 Å². The molecule has 0 bridgehead atoms. The van der Waals surface area contributed by atoms with Crippen molar-refractivity contribution in [1.82, 2.24) is 9.62 Å². The van der Waals surface area contributed by atoms with Crippen molar-refractivity contribution in [2.75, 3.05) is 27.2 Å². The zero-order valence-corrected chi connectivity index (χ0v) is 6.89. The Balaban J connectivity index is 3.22. The van der Waals surface area contributed by atoms with E-state index in [1.807, 2.05) is 0 Å². The van der Waals surface area contributed by atoms with Gasteiger partial charge >= 0.3 is 7.55 Å². The summed E-state index contributed by atoms with van der Waals surface area (Å²) in [5.74, 6) is 0. The summed E-state index contributed by atoms with van der Waals surface area (Å²) in [7, 11) is 6.26. The first-order valence-corrected chi connectivity index (χ1v) is 3.46. The van der Waals surface area contributed by atoms with Gasteiger partial charge in [-0.05, 0) is 27.2 Å². The molecule has 0 saturated heterocycles. The zero-order chi connectivity index (χ0) is 7.28. The second-order valence-electron chi connectivity index (χ2n) is 2.26. The average molecular weight is 127 g/mol. The zero-order valence-electron chi connectivity index (χ0n) is 6.89. The SMILES string of the molecule is CCN(C)[B]N(C)CC. The van der Waals surface area contributed by atoms with Gasteiger partial charge in [-0.2, -0.15) is 0 Å². The number of rotatable bonds is 4. The lowest BCUT2D eigenvalue weighted by Gasteiger charge is -2.18. The molecule has 9 heavy (non-hydrogen) atoms. The minimum atomic E-state index is 1.07. The van der Waals surface area contributed by atoms with Gasteiger partial charge in [0.15, 0.2) is 0 Å². The quantitative estimate of drug-likeness (QED) is 0.505. The Morgan fingerprint density at radius 2 is 1.33 bits per heavy atom. The molecule has 0 aromatic heterocycles. The van der Waals surface area contributed by atoms with Gasteiger partial charge in [0, 0.05) is 0 Å². The Labute approximate surface area is 59.1 Å². The third-order valence-electron chi connectivity index (χ3n) is 1.39. The lowest BCUT2D eigenvalue weighted by molar-refractivity contribution is 0.467. The summed E-state index contributed by atoms with van der Waals surface area (Å²) in [5, 5.41) is 0. The van der Waals surface area contributed by atoms with Crippen LogP contribution in [0.1, 0.15) is 13.8 Å². The Kier molecular flexibility index (Phi) is 4.82. The topological polar surface area (TPSA) is 6.48 Å². The summed E-state index contributed by atoms with van der Waals surface area (Å²) < 4.78 is 0. The first-order valence-electron chi connectivity index (χ1n) is 3.46. The summed E-state index contributed by atoms with van der Waals surface area (Å²) >= 11 is 0. The van der Waals surface area contributed by atoms with E-state index in [2.05, 4.69) is 45.1 Å². The second kappa shape index (κ2) is 4.83. The first-order chi connectivity index (χ1) is 4.20. The fourth-order valence-corrected chi connectivity index (χ4v) is 0.500. The van der Waals surface area contributed by atoms with Crippen LogP contribution in [-0.2, 0) is 0 Å². The highest BCUT2D eigenvalue weighted by atomic mass is 15.1. The molecule has 0 aromatic carbocycles. The Morgan fingerprint density at radius 3 is 1.56 bits per heavy atom. The normalized spacial score (nSPS) is 10.9. The van der Waals surface area contributed by atoms with Crippen LogP contribution in [0, 0.1) is 0 Å². The Hall–Kier alpha value is -0.0151. The van der Waals surface area contributed by atoms with Gasteiger partial charge < -0.3 is 9.62 Å². The molecule has 0 unspecified atom stereocenters. The Morgan fingerprint density at radius 1 is 1.00 bits per heavy atom. The van der Waals surface area contributed by atoms with Crippen molar-refractivity contribution in [2.45, 2.75) is 13.8 Å². The van der Waals surface area contributed by atoms with Crippen molar-refractivity contribution in [1.29, 1.82) is 0 Å². The van der Waals surface area contributed by atoms with Gasteiger partial charge in [0.1, 0.15) is 0 Å². The number of nitrogens with zero attached hydrogens (tertiary/aromatic N) is 2. The molecule has 3 heteroatoms. The van der Waals surface area contributed by atoms with Gasteiger partial charge in [-0.15, -0.1) is 0 Å². The van der Waals surface area contributed by atoms with Crippen molar-refractivity contribution < 1.29 is 0 Å². The van der Waals surface area contributed by atoms with Crippen molar-refractivity contribution in [3.8, 4) is 0 Å². The average Bonchev–Trinajstić information content (AvgIpc) is 1.87. The summed E-state index contributed by atoms with van der Waals surface area (Å²) in [4.78, 5) is 4.31. The van der Waals surface area contributed by atoms with E-state index in [0.29, 0.717) is 0 Å². The highest BCUT2D eigenvalue weighted by molar-refractivity contribution is 6.28. The molecule has 0 heterocycles. The van der Waals surface area contributed by atoms with Gasteiger partial charge in [0.25, 0.3) is 0 Å². The molecular formula is C6H16BN2. The van der Waals surface area contributed by atoms with Crippen LogP contribution in [0.5, 0.6) is 0 Å². The molecule has 0 aliphatic rings. The molecule has 53 valence electrons. The third-order valence-corrected chi connectivity index (χ3v) is 1.39. The molecule has 0 spiro atoms. The predicted molar refractivity (Wildman–Crippen MR) is 42.4 cm³/mol. The maximum atomic E-state index is 2.16. The van der Waals surface area contributed by atoms with E-state index in [4.69, 9.17) is 0 Å². The van der Waals surface area contributed by atoms with E-state index < -0.39 is 0 Å². The van der Waals surface area contributed by atoms with Gasteiger partial charge in [0.2, 0.25) is 0 Å². The molecule has 0 fully saturated rings. The van der Waals surface area contributed by atoms with E-state index in [0.717, 1.165) is 13.1 Å². The summed E-state index contributed by atoms with van der Waals surface area (Å²) in [6, 6.07) is 0. The van der Waals surface area contributed by atoms with Crippen LogP contribution in [0.2, 0.25) is 0 Å². The smallest absolute Gasteiger partial charge is 0.312 e. The summed E-state index contributed by atoms with van der Waals surface area (Å²) in [5.41, 5.74) is 0. The second-order valence-corrected chi connectivity index (χ2v) is 2.26. The molecule has 0 aromatic rings. The van der Waals surface area contributed by atoms with Crippen LogP contribution < -0.4 is 0 Å². The number of hydrogen-bond donors (Lipinski definition) is 0. The van der Waals surface area contributed by atoms with Crippen LogP contribution in [0.3, 0.4) is 0 Å². The maximum absolute atomic E-state index is 2.16. The number of hydrogen-bond acceptors (Lipinski definition) is 2. The van der Waals surface area contributed by atoms with E-state index in [1.165, 1.54) is 0 Å². The largest absolute Gasteiger partial charge is 0.335 e. The molecule has 0 N–H and O–H groups in total. The summed E-state index contributed by atoms with van der Waals surface area (Å²) in [6.45, 7) is 6.43. The maximum Gasteiger partial charge on any atom is 0.312 e. The van der Waals surface area contributed by atoms with E-state index in [-0.39, 0.29) is 0 Å². The molecule has 2 nitrogen and oxygen atoms in total. The van der Waals surface area contributed by atoms with Gasteiger partial charge in [-0.1, -0.05) is 13.8 Å². The van der Waals surface area contributed by atoms with Crippen molar-refractivity contribution in [3.05, 3.63) is 0 Å². The van der Waals surface area contributed by atoms with Crippen molar-refractivity contribution >= 4 is 7.55 Å². The highest BCUT2D eigenvalue weighted by Crippen LogP contribution is 1.81. The standard InChI is InChI=1S/C6H16BN2/c1-5-8(3)7-9(4)6-2/h5-6H2,1-4H3. The van der Waals surface area contributed by atoms with E-state index in [1.54, 1.807) is 0 Å². The fraction of sp³-hybridized carbons (Fsp3) is 1.00. The molecule has 0 aliphatic carbocycles. The van der Waals surface area contributed by atoms with Gasteiger partial charge in [-0.25, -0.2) is 0 Å². The molecule has 1 radical (unpaired) electrons.